The normalized spacial score (nSPS) is 12.4. The fourth-order valence-electron chi connectivity index (χ4n) is 4.84. The van der Waals surface area contributed by atoms with Gasteiger partial charge in [-0.1, -0.05) is 24.3 Å². The molecule has 0 aliphatic heterocycles. The van der Waals surface area contributed by atoms with Crippen LogP contribution in [0, 0.1) is 0 Å². The van der Waals surface area contributed by atoms with E-state index < -0.39 is 78.3 Å². The van der Waals surface area contributed by atoms with E-state index in [0.29, 0.717) is 57.1 Å². The molecule has 10 nitrogen and oxygen atoms in total. The third-order valence-electron chi connectivity index (χ3n) is 7.11. The Bertz CT molecular complexity index is 1940. The SMILES string of the molecule is CCOC(=O)CN(c1ccc(N(CC(=O)OCC)S(=O)(=O)c2ccc(C(F)(F)F)cc2)c2ccccc12)S(=O)(=O)c1ccc(C(F)(F)F)cc1. The zero-order valence-corrected chi connectivity index (χ0v) is 27.8. The first-order chi connectivity index (χ1) is 23.3. The Morgan fingerprint density at radius 3 is 1.16 bits per heavy atom. The van der Waals surface area contributed by atoms with Gasteiger partial charge >= 0.3 is 24.3 Å². The van der Waals surface area contributed by atoms with Crippen molar-refractivity contribution in [2.24, 2.45) is 0 Å². The summed E-state index contributed by atoms with van der Waals surface area (Å²) >= 11 is 0. The number of sulfonamides is 2. The zero-order valence-electron chi connectivity index (χ0n) is 26.2. The molecular formula is C32H28F6N2O8S2. The first-order valence-electron chi connectivity index (χ1n) is 14.5. The molecule has 0 saturated carbocycles. The summed E-state index contributed by atoms with van der Waals surface area (Å²) in [5.74, 6) is -2.05. The van der Waals surface area contributed by atoms with E-state index in [1.54, 1.807) is 0 Å². The lowest BCUT2D eigenvalue weighted by Gasteiger charge is -2.28. The van der Waals surface area contributed by atoms with Crippen molar-refractivity contribution in [3.63, 3.8) is 0 Å². The smallest absolute Gasteiger partial charge is 0.416 e. The zero-order chi connectivity index (χ0) is 37.1. The predicted octanol–water partition coefficient (Wildman–Crippen LogP) is 6.39. The summed E-state index contributed by atoms with van der Waals surface area (Å²) < 4.78 is 146. The van der Waals surface area contributed by atoms with Gasteiger partial charge in [0.1, 0.15) is 13.1 Å². The van der Waals surface area contributed by atoms with Crippen LogP contribution >= 0.6 is 0 Å². The fraction of sp³-hybridized carbons (Fsp3) is 0.250. The summed E-state index contributed by atoms with van der Waals surface area (Å²) in [4.78, 5) is 24.1. The van der Waals surface area contributed by atoms with Gasteiger partial charge in [-0.3, -0.25) is 18.2 Å². The van der Waals surface area contributed by atoms with Crippen LogP contribution in [0.3, 0.4) is 0 Å². The maximum Gasteiger partial charge on any atom is 0.416 e. The van der Waals surface area contributed by atoms with Crippen molar-refractivity contribution >= 4 is 54.1 Å². The Hall–Kier alpha value is -4.84. The van der Waals surface area contributed by atoms with E-state index in [0.717, 1.165) is 12.1 Å². The van der Waals surface area contributed by atoms with Crippen LogP contribution in [0.1, 0.15) is 25.0 Å². The van der Waals surface area contributed by atoms with Crippen LogP contribution in [0.15, 0.2) is 94.7 Å². The van der Waals surface area contributed by atoms with Crippen molar-refractivity contribution < 1.29 is 62.2 Å². The molecule has 0 bridgehead atoms. The van der Waals surface area contributed by atoms with Crippen LogP contribution < -0.4 is 8.61 Å². The van der Waals surface area contributed by atoms with Crippen LogP contribution in [0.5, 0.6) is 0 Å². The quantitative estimate of drug-likeness (QED) is 0.121. The molecular weight excluding hydrogens is 718 g/mol. The van der Waals surface area contributed by atoms with Crippen molar-refractivity contribution in [3.8, 4) is 0 Å². The Morgan fingerprint density at radius 2 is 0.880 bits per heavy atom. The molecule has 4 rings (SSSR count). The Labute approximate surface area is 282 Å². The number of rotatable bonds is 12. The first kappa shape index (κ1) is 38.0. The summed E-state index contributed by atoms with van der Waals surface area (Å²) in [7, 11) is -9.60. The highest BCUT2D eigenvalue weighted by molar-refractivity contribution is 7.93. The van der Waals surface area contributed by atoms with E-state index in [1.807, 2.05) is 0 Å². The molecule has 0 aliphatic rings. The summed E-state index contributed by atoms with van der Waals surface area (Å²) in [5, 5.41) is 0.00234. The molecule has 0 unspecified atom stereocenters. The Morgan fingerprint density at radius 1 is 0.560 bits per heavy atom. The highest BCUT2D eigenvalue weighted by atomic mass is 32.2. The molecule has 0 atom stereocenters. The van der Waals surface area contributed by atoms with Crippen molar-refractivity contribution in [2.45, 2.75) is 36.0 Å². The number of esters is 2. The molecule has 0 aliphatic carbocycles. The maximum absolute atomic E-state index is 13.9. The number of anilines is 2. The number of fused-ring (bicyclic) bond motifs is 1. The number of alkyl halides is 6. The molecule has 4 aromatic carbocycles. The number of nitrogens with zero attached hydrogens (tertiary/aromatic N) is 2. The largest absolute Gasteiger partial charge is 0.465 e. The average molecular weight is 747 g/mol. The number of benzene rings is 4. The van der Waals surface area contributed by atoms with Gasteiger partial charge in [0.05, 0.1) is 45.5 Å². The van der Waals surface area contributed by atoms with Gasteiger partial charge in [-0.15, -0.1) is 0 Å². The minimum atomic E-state index is -4.80. The van der Waals surface area contributed by atoms with Crippen LogP contribution in [-0.4, -0.2) is 55.1 Å². The first-order valence-corrected chi connectivity index (χ1v) is 17.4. The molecule has 0 saturated heterocycles. The van der Waals surface area contributed by atoms with Crippen molar-refractivity contribution in [1.82, 2.24) is 0 Å². The third-order valence-corrected chi connectivity index (χ3v) is 10.7. The number of halogens is 6. The Balaban J connectivity index is 1.93. The van der Waals surface area contributed by atoms with Gasteiger partial charge in [-0.2, -0.15) is 26.3 Å². The molecule has 0 N–H and O–H groups in total. The van der Waals surface area contributed by atoms with E-state index in [2.05, 4.69) is 0 Å². The molecule has 4 aromatic rings. The number of carbonyl (C=O) groups is 2. The summed E-state index contributed by atoms with van der Waals surface area (Å²) in [6.07, 6.45) is -9.54. The van der Waals surface area contributed by atoms with Gasteiger partial charge in [0.25, 0.3) is 20.0 Å². The van der Waals surface area contributed by atoms with Crippen molar-refractivity contribution in [2.75, 3.05) is 34.9 Å². The minimum Gasteiger partial charge on any atom is -0.465 e. The molecule has 18 heteroatoms. The number of ether oxygens (including phenoxy) is 2. The van der Waals surface area contributed by atoms with Gasteiger partial charge in [0.15, 0.2) is 0 Å². The molecule has 268 valence electrons. The molecule has 0 radical (unpaired) electrons. The van der Waals surface area contributed by atoms with Gasteiger partial charge in [-0.25, -0.2) is 16.8 Å². The molecule has 0 fully saturated rings. The maximum atomic E-state index is 13.9. The number of hydrogen-bond acceptors (Lipinski definition) is 8. The molecule has 0 spiro atoms. The molecule has 0 amide bonds. The minimum absolute atomic E-state index is 0.00117. The summed E-state index contributed by atoms with van der Waals surface area (Å²) in [6, 6.07) is 12.9. The third kappa shape index (κ3) is 8.13. The lowest BCUT2D eigenvalue weighted by Crippen LogP contribution is -2.38. The highest BCUT2D eigenvalue weighted by Gasteiger charge is 2.36. The van der Waals surface area contributed by atoms with Gasteiger partial charge in [0, 0.05) is 10.8 Å². The second kappa shape index (κ2) is 14.6. The van der Waals surface area contributed by atoms with Crippen molar-refractivity contribution in [3.05, 3.63) is 96.1 Å². The topological polar surface area (TPSA) is 127 Å². The number of hydrogen-bond donors (Lipinski definition) is 0. The highest BCUT2D eigenvalue weighted by Crippen LogP contribution is 2.39. The van der Waals surface area contributed by atoms with E-state index >= 15 is 0 Å². The molecule has 0 aromatic heterocycles. The van der Waals surface area contributed by atoms with Crippen LogP contribution in [0.25, 0.3) is 10.8 Å². The van der Waals surface area contributed by atoms with Gasteiger partial charge in [-0.05, 0) is 74.5 Å². The molecule has 0 heterocycles. The van der Waals surface area contributed by atoms with Crippen LogP contribution in [0.4, 0.5) is 37.7 Å². The summed E-state index contributed by atoms with van der Waals surface area (Å²) in [5.41, 5.74) is -2.70. The standard InChI is InChI=1S/C32H28F6N2O8S2/c1-3-47-29(41)19-39(49(43,44)23-13-9-21(10-14-23)31(33,34)35)27-17-18-28(26-8-6-5-7-25(26)27)40(20-30(42)48-4-2)50(45,46)24-15-11-22(12-16-24)32(36,37)38/h5-18H,3-4,19-20H2,1-2H3. The van der Waals surface area contributed by atoms with Crippen LogP contribution in [0.2, 0.25) is 0 Å². The van der Waals surface area contributed by atoms with Crippen LogP contribution in [-0.2, 0) is 51.5 Å². The second-order valence-corrected chi connectivity index (χ2v) is 14.1. The van der Waals surface area contributed by atoms with E-state index in [4.69, 9.17) is 9.47 Å². The monoisotopic (exact) mass is 746 g/mol. The van der Waals surface area contributed by atoms with Crippen molar-refractivity contribution in [1.29, 1.82) is 0 Å². The second-order valence-electron chi connectivity index (χ2n) is 10.3. The van der Waals surface area contributed by atoms with Gasteiger partial charge < -0.3 is 9.47 Å². The average Bonchev–Trinajstić information content (AvgIpc) is 3.05. The fourth-order valence-corrected chi connectivity index (χ4v) is 7.69. The predicted molar refractivity (Wildman–Crippen MR) is 169 cm³/mol. The summed E-state index contributed by atoms with van der Waals surface area (Å²) in [6.45, 7) is 0.751. The number of carbonyl (C=O) groups excluding carboxylic acids is 2. The lowest BCUT2D eigenvalue weighted by atomic mass is 10.1. The van der Waals surface area contributed by atoms with E-state index in [-0.39, 0.29) is 35.4 Å². The lowest BCUT2D eigenvalue weighted by molar-refractivity contribution is -0.142. The van der Waals surface area contributed by atoms with Gasteiger partial charge in [0.2, 0.25) is 0 Å². The van der Waals surface area contributed by atoms with E-state index in [1.165, 1.54) is 38.1 Å². The molecule has 50 heavy (non-hydrogen) atoms. The Kier molecular flexibility index (Phi) is 11.1. The van der Waals surface area contributed by atoms with E-state index in [9.17, 15) is 52.8 Å².